The third kappa shape index (κ3) is 3.86. The standard InChI is InChI=1S/C26H20N2O6/c1-13(29)15-7-5-6-10-20(15)28-25(32)14(2)34-26(33)19-12-11-18-21(22(19)27)24(31)17-9-4-3-8-16(17)23(18)30/h3-12,14H,27H2,1-2H3,(H,28,32). The van der Waals surface area contributed by atoms with Gasteiger partial charge >= 0.3 is 5.97 Å². The smallest absolute Gasteiger partial charge is 0.341 e. The van der Waals surface area contributed by atoms with E-state index in [1.54, 1.807) is 42.5 Å². The highest BCUT2D eigenvalue weighted by molar-refractivity contribution is 6.30. The first kappa shape index (κ1) is 22.6. The molecule has 1 aliphatic carbocycles. The molecule has 0 aromatic heterocycles. The van der Waals surface area contributed by atoms with Crippen molar-refractivity contribution in [3.05, 3.63) is 94.0 Å². The van der Waals surface area contributed by atoms with Crippen molar-refractivity contribution in [1.29, 1.82) is 0 Å². The highest BCUT2D eigenvalue weighted by atomic mass is 16.5. The number of ether oxygens (including phenoxy) is 1. The van der Waals surface area contributed by atoms with E-state index in [-0.39, 0.29) is 45.1 Å². The Bertz CT molecular complexity index is 1390. The largest absolute Gasteiger partial charge is 0.449 e. The number of benzene rings is 3. The number of rotatable bonds is 5. The molecular weight excluding hydrogens is 436 g/mol. The fourth-order valence-electron chi connectivity index (χ4n) is 3.80. The molecular formula is C26H20N2O6. The fourth-order valence-corrected chi connectivity index (χ4v) is 3.80. The van der Waals surface area contributed by atoms with Crippen LogP contribution in [0.15, 0.2) is 60.7 Å². The molecule has 0 saturated carbocycles. The number of nitrogens with one attached hydrogen (secondary N) is 1. The molecule has 3 aromatic rings. The molecule has 1 aliphatic rings. The van der Waals surface area contributed by atoms with Gasteiger partial charge in [-0.2, -0.15) is 0 Å². The van der Waals surface area contributed by atoms with Gasteiger partial charge in [0.2, 0.25) is 0 Å². The first-order valence-electron chi connectivity index (χ1n) is 10.4. The third-order valence-corrected chi connectivity index (χ3v) is 5.57. The number of Topliss-reactive ketones (excluding diaryl/α,β-unsaturated/α-hetero) is 1. The first-order chi connectivity index (χ1) is 16.2. The predicted molar refractivity (Wildman–Crippen MR) is 124 cm³/mol. The lowest BCUT2D eigenvalue weighted by Crippen LogP contribution is -2.31. The third-order valence-electron chi connectivity index (χ3n) is 5.57. The number of nitrogen functional groups attached to an aromatic ring is 1. The lowest BCUT2D eigenvalue weighted by atomic mass is 9.82. The topological polar surface area (TPSA) is 133 Å². The number of para-hydroxylation sites is 1. The van der Waals surface area contributed by atoms with Gasteiger partial charge in [0.05, 0.1) is 22.5 Å². The fraction of sp³-hybridized carbons (Fsp3) is 0.115. The van der Waals surface area contributed by atoms with Crippen LogP contribution < -0.4 is 11.1 Å². The van der Waals surface area contributed by atoms with Crippen LogP contribution in [-0.2, 0) is 9.53 Å². The molecule has 0 heterocycles. The Morgan fingerprint density at radius 2 is 1.44 bits per heavy atom. The van der Waals surface area contributed by atoms with Crippen molar-refractivity contribution in [1.82, 2.24) is 0 Å². The number of nitrogens with two attached hydrogens (primary N) is 1. The van der Waals surface area contributed by atoms with Gasteiger partial charge in [-0.25, -0.2) is 4.79 Å². The second-order valence-electron chi connectivity index (χ2n) is 7.79. The molecule has 0 fully saturated rings. The van der Waals surface area contributed by atoms with Crippen LogP contribution in [0.1, 0.15) is 66.4 Å². The van der Waals surface area contributed by atoms with E-state index in [4.69, 9.17) is 10.5 Å². The quantitative estimate of drug-likeness (QED) is 0.267. The molecule has 1 atom stereocenters. The average molecular weight is 456 g/mol. The number of ketones is 3. The van der Waals surface area contributed by atoms with Crippen molar-refractivity contribution in [3.8, 4) is 0 Å². The van der Waals surface area contributed by atoms with E-state index < -0.39 is 23.8 Å². The normalized spacial score (nSPS) is 12.9. The summed E-state index contributed by atoms with van der Waals surface area (Å²) >= 11 is 0. The predicted octanol–water partition coefficient (Wildman–Crippen LogP) is 3.43. The molecule has 8 heteroatoms. The zero-order valence-electron chi connectivity index (χ0n) is 18.4. The van der Waals surface area contributed by atoms with Gasteiger partial charge in [0.1, 0.15) is 0 Å². The summed E-state index contributed by atoms with van der Waals surface area (Å²) < 4.78 is 5.26. The van der Waals surface area contributed by atoms with Crippen molar-refractivity contribution in [2.75, 3.05) is 11.1 Å². The van der Waals surface area contributed by atoms with Crippen LogP contribution in [0, 0.1) is 0 Å². The lowest BCUT2D eigenvalue weighted by Gasteiger charge is -2.21. The highest BCUT2D eigenvalue weighted by Gasteiger charge is 2.33. The molecule has 0 spiro atoms. The molecule has 170 valence electrons. The summed E-state index contributed by atoms with van der Waals surface area (Å²) in [6.07, 6.45) is -1.24. The van der Waals surface area contributed by atoms with E-state index in [1.807, 2.05) is 0 Å². The highest BCUT2D eigenvalue weighted by Crippen LogP contribution is 2.33. The summed E-state index contributed by atoms with van der Waals surface area (Å²) in [6, 6.07) is 15.5. The minimum atomic E-state index is -1.24. The van der Waals surface area contributed by atoms with Gasteiger partial charge in [-0.3, -0.25) is 19.2 Å². The SMILES string of the molecule is CC(=O)c1ccccc1NC(=O)C(C)OC(=O)c1ccc2c(c1N)C(=O)c1ccccc1C2=O. The van der Waals surface area contributed by atoms with E-state index in [0.717, 1.165) is 0 Å². The minimum absolute atomic E-state index is 0.0642. The summed E-state index contributed by atoms with van der Waals surface area (Å²) in [5, 5.41) is 2.57. The molecule has 4 rings (SSSR count). The van der Waals surface area contributed by atoms with Gasteiger partial charge < -0.3 is 15.8 Å². The van der Waals surface area contributed by atoms with E-state index in [9.17, 15) is 24.0 Å². The number of anilines is 2. The molecule has 0 saturated heterocycles. The Kier molecular flexibility index (Phi) is 5.81. The molecule has 0 radical (unpaired) electrons. The maximum absolute atomic E-state index is 13.0. The summed E-state index contributed by atoms with van der Waals surface area (Å²) in [6.45, 7) is 2.74. The summed E-state index contributed by atoms with van der Waals surface area (Å²) in [4.78, 5) is 62.9. The van der Waals surface area contributed by atoms with Gasteiger partial charge in [-0.05, 0) is 38.1 Å². The summed E-state index contributed by atoms with van der Waals surface area (Å²) in [5.74, 6) is -2.65. The van der Waals surface area contributed by atoms with Gasteiger partial charge in [0.15, 0.2) is 23.5 Å². The van der Waals surface area contributed by atoms with Gasteiger partial charge in [-0.1, -0.05) is 36.4 Å². The molecule has 8 nitrogen and oxygen atoms in total. The molecule has 0 bridgehead atoms. The Labute approximate surface area is 194 Å². The minimum Gasteiger partial charge on any atom is -0.449 e. The van der Waals surface area contributed by atoms with E-state index >= 15 is 0 Å². The van der Waals surface area contributed by atoms with Crippen molar-refractivity contribution < 1.29 is 28.7 Å². The molecule has 34 heavy (non-hydrogen) atoms. The van der Waals surface area contributed by atoms with Crippen LogP contribution in [-0.4, -0.2) is 35.3 Å². The van der Waals surface area contributed by atoms with Crippen LogP contribution in [0.5, 0.6) is 0 Å². The van der Waals surface area contributed by atoms with Crippen LogP contribution in [0.2, 0.25) is 0 Å². The van der Waals surface area contributed by atoms with Crippen LogP contribution in [0.4, 0.5) is 11.4 Å². The summed E-state index contributed by atoms with van der Waals surface area (Å²) in [7, 11) is 0. The zero-order valence-corrected chi connectivity index (χ0v) is 18.4. The first-order valence-corrected chi connectivity index (χ1v) is 10.4. The monoisotopic (exact) mass is 456 g/mol. The number of fused-ring (bicyclic) bond motifs is 2. The Hall–Kier alpha value is -4.59. The molecule has 3 N–H and O–H groups in total. The molecule has 1 unspecified atom stereocenters. The van der Waals surface area contributed by atoms with Crippen LogP contribution in [0.25, 0.3) is 0 Å². The van der Waals surface area contributed by atoms with Crippen LogP contribution in [0.3, 0.4) is 0 Å². The van der Waals surface area contributed by atoms with Gasteiger partial charge in [0.25, 0.3) is 5.91 Å². The number of esters is 1. The summed E-state index contributed by atoms with van der Waals surface area (Å²) in [5.41, 5.74) is 6.92. The van der Waals surface area contributed by atoms with Crippen molar-refractivity contribution in [2.45, 2.75) is 20.0 Å². The Morgan fingerprint density at radius 1 is 0.824 bits per heavy atom. The van der Waals surface area contributed by atoms with Gasteiger partial charge in [-0.15, -0.1) is 0 Å². The Balaban J connectivity index is 1.56. The van der Waals surface area contributed by atoms with Crippen molar-refractivity contribution in [3.63, 3.8) is 0 Å². The van der Waals surface area contributed by atoms with Crippen LogP contribution >= 0.6 is 0 Å². The maximum atomic E-state index is 13.0. The number of hydrogen-bond acceptors (Lipinski definition) is 7. The van der Waals surface area contributed by atoms with Gasteiger partial charge in [0, 0.05) is 22.3 Å². The molecule has 3 aromatic carbocycles. The second-order valence-corrected chi connectivity index (χ2v) is 7.79. The molecule has 1 amide bonds. The number of hydrogen-bond donors (Lipinski definition) is 2. The zero-order chi connectivity index (χ0) is 24.6. The number of carbonyl (C=O) groups excluding carboxylic acids is 5. The number of carbonyl (C=O) groups is 5. The van der Waals surface area contributed by atoms with E-state index in [2.05, 4.69) is 5.32 Å². The molecule has 0 aliphatic heterocycles. The van der Waals surface area contributed by atoms with E-state index in [1.165, 1.54) is 32.0 Å². The van der Waals surface area contributed by atoms with Crippen molar-refractivity contribution in [2.24, 2.45) is 0 Å². The maximum Gasteiger partial charge on any atom is 0.341 e. The van der Waals surface area contributed by atoms with Crippen molar-refractivity contribution >= 4 is 40.6 Å². The lowest BCUT2D eigenvalue weighted by molar-refractivity contribution is -0.123. The Morgan fingerprint density at radius 3 is 2.12 bits per heavy atom. The van der Waals surface area contributed by atoms with E-state index in [0.29, 0.717) is 11.3 Å². The average Bonchev–Trinajstić information content (AvgIpc) is 2.82. The second kappa shape index (κ2) is 8.74. The number of amides is 1.